The molecule has 0 aliphatic carbocycles. The van der Waals surface area contributed by atoms with E-state index >= 15 is 0 Å². The maximum absolute atomic E-state index is 13.2. The highest BCUT2D eigenvalue weighted by Gasteiger charge is 2.42. The fourth-order valence-corrected chi connectivity index (χ4v) is 3.48. The van der Waals surface area contributed by atoms with E-state index in [4.69, 9.17) is 13.9 Å². The van der Waals surface area contributed by atoms with Crippen LogP contribution in [-0.2, 0) is 19.1 Å². The highest BCUT2D eigenvalue weighted by atomic mass is 16.5. The number of morpholine rings is 1. The normalized spacial score (nSPS) is 18.9. The summed E-state index contributed by atoms with van der Waals surface area (Å²) in [6, 6.07) is 11.3. The van der Waals surface area contributed by atoms with E-state index in [1.807, 2.05) is 4.90 Å². The van der Waals surface area contributed by atoms with Crippen LogP contribution >= 0.6 is 0 Å². The van der Waals surface area contributed by atoms with E-state index in [0.29, 0.717) is 43.6 Å². The lowest BCUT2D eigenvalue weighted by Gasteiger charge is -2.33. The van der Waals surface area contributed by atoms with Gasteiger partial charge in [-0.05, 0) is 24.3 Å². The Morgan fingerprint density at radius 1 is 1.00 bits per heavy atom. The predicted octanol–water partition coefficient (Wildman–Crippen LogP) is 2.14. The van der Waals surface area contributed by atoms with Gasteiger partial charge in [0.2, 0.25) is 0 Å². The maximum atomic E-state index is 13.2. The Kier molecular flexibility index (Phi) is 6.15. The van der Waals surface area contributed by atoms with Crippen LogP contribution in [0.15, 0.2) is 52.5 Å². The van der Waals surface area contributed by atoms with Crippen LogP contribution in [0, 0.1) is 0 Å². The molecule has 2 fully saturated rings. The van der Waals surface area contributed by atoms with Crippen molar-refractivity contribution < 1.29 is 28.3 Å². The lowest BCUT2D eigenvalue weighted by Crippen LogP contribution is -2.57. The molecule has 0 saturated carbocycles. The molecule has 2 aromatic rings. The number of ether oxygens (including phenoxy) is 2. The van der Waals surface area contributed by atoms with Gasteiger partial charge < -0.3 is 18.8 Å². The number of carbonyl (C=O) groups is 3. The number of rotatable bonds is 6. The molecule has 2 saturated heterocycles. The Hall–Kier alpha value is -3.43. The van der Waals surface area contributed by atoms with Gasteiger partial charge in [0.05, 0.1) is 32.1 Å². The number of urea groups is 1. The molecule has 0 unspecified atom stereocenters. The van der Waals surface area contributed by atoms with Crippen LogP contribution in [0.2, 0.25) is 0 Å². The van der Waals surface area contributed by atoms with E-state index in [9.17, 15) is 14.4 Å². The molecule has 0 radical (unpaired) electrons. The van der Waals surface area contributed by atoms with Crippen LogP contribution in [0.1, 0.15) is 5.76 Å². The minimum atomic E-state index is -0.705. The Labute approximate surface area is 179 Å². The fraction of sp³-hybridized carbons (Fsp3) is 0.318. The minimum Gasteiger partial charge on any atom is -0.441 e. The molecule has 0 N–H and O–H groups in total. The summed E-state index contributed by atoms with van der Waals surface area (Å²) in [7, 11) is 1.48. The number of carbonyl (C=O) groups excluding carboxylic acids is 3. The lowest BCUT2D eigenvalue weighted by atomic mass is 10.1. The number of methoxy groups -OCH3 is 1. The monoisotopic (exact) mass is 425 g/mol. The van der Waals surface area contributed by atoms with Crippen molar-refractivity contribution in [3.8, 4) is 0 Å². The van der Waals surface area contributed by atoms with Gasteiger partial charge in [-0.2, -0.15) is 0 Å². The third-order valence-electron chi connectivity index (χ3n) is 5.09. The highest BCUT2D eigenvalue weighted by Crippen LogP contribution is 2.27. The van der Waals surface area contributed by atoms with Crippen molar-refractivity contribution in [3.63, 3.8) is 0 Å². The number of furan rings is 1. The van der Waals surface area contributed by atoms with Gasteiger partial charge in [-0.3, -0.25) is 14.5 Å². The predicted molar refractivity (Wildman–Crippen MR) is 113 cm³/mol. The fourth-order valence-electron chi connectivity index (χ4n) is 3.48. The number of benzene rings is 1. The van der Waals surface area contributed by atoms with Gasteiger partial charge in [0, 0.05) is 26.3 Å². The molecule has 0 atom stereocenters. The van der Waals surface area contributed by atoms with Gasteiger partial charge in [-0.25, -0.2) is 9.69 Å². The van der Waals surface area contributed by atoms with Gasteiger partial charge in [-0.1, -0.05) is 18.2 Å². The van der Waals surface area contributed by atoms with E-state index in [2.05, 4.69) is 0 Å². The van der Waals surface area contributed by atoms with Crippen molar-refractivity contribution in [2.75, 3.05) is 56.4 Å². The zero-order chi connectivity index (χ0) is 21.8. The summed E-state index contributed by atoms with van der Waals surface area (Å²) in [5.41, 5.74) is 0.231. The van der Waals surface area contributed by atoms with E-state index < -0.39 is 17.8 Å². The molecular formula is C22H23N3O6. The lowest BCUT2D eigenvalue weighted by molar-refractivity contribution is -0.129. The van der Waals surface area contributed by atoms with Crippen molar-refractivity contribution >= 4 is 35.5 Å². The summed E-state index contributed by atoms with van der Waals surface area (Å²) < 4.78 is 16.2. The molecule has 4 amide bonds. The third-order valence-corrected chi connectivity index (χ3v) is 5.09. The van der Waals surface area contributed by atoms with E-state index in [1.54, 1.807) is 42.5 Å². The first-order valence-electron chi connectivity index (χ1n) is 9.98. The van der Waals surface area contributed by atoms with Crippen LogP contribution in [0.3, 0.4) is 0 Å². The average molecular weight is 425 g/mol. The smallest absolute Gasteiger partial charge is 0.338 e. The van der Waals surface area contributed by atoms with Gasteiger partial charge >= 0.3 is 6.03 Å². The SMILES string of the molecule is COCCN1C(=O)/C(=C/c2ccc(N3CCOCC3)o2)C(=O)N(c2ccccc2)C1=O. The molecule has 3 heterocycles. The minimum absolute atomic E-state index is 0.0271. The van der Waals surface area contributed by atoms with E-state index in [-0.39, 0.29) is 18.7 Å². The Bertz CT molecular complexity index is 994. The number of amides is 4. The molecule has 1 aromatic heterocycles. The largest absolute Gasteiger partial charge is 0.441 e. The summed E-state index contributed by atoms with van der Waals surface area (Å²) >= 11 is 0. The zero-order valence-electron chi connectivity index (χ0n) is 17.2. The van der Waals surface area contributed by atoms with Crippen molar-refractivity contribution in [1.29, 1.82) is 0 Å². The van der Waals surface area contributed by atoms with Crippen molar-refractivity contribution in [2.45, 2.75) is 0 Å². The van der Waals surface area contributed by atoms with Gasteiger partial charge in [0.1, 0.15) is 11.3 Å². The number of imide groups is 2. The first-order chi connectivity index (χ1) is 15.1. The maximum Gasteiger partial charge on any atom is 0.338 e. The second-order valence-corrected chi connectivity index (χ2v) is 7.04. The van der Waals surface area contributed by atoms with Gasteiger partial charge in [0.25, 0.3) is 11.8 Å². The average Bonchev–Trinajstić information content (AvgIpc) is 3.27. The topological polar surface area (TPSA) is 92.5 Å². The Balaban J connectivity index is 1.67. The zero-order valence-corrected chi connectivity index (χ0v) is 17.2. The van der Waals surface area contributed by atoms with Crippen LogP contribution < -0.4 is 9.80 Å². The summed E-state index contributed by atoms with van der Waals surface area (Å²) in [6.07, 6.45) is 1.39. The highest BCUT2D eigenvalue weighted by molar-refractivity contribution is 6.39. The summed E-state index contributed by atoms with van der Waals surface area (Å²) in [5, 5.41) is 0. The first kappa shape index (κ1) is 20.8. The van der Waals surface area contributed by atoms with Gasteiger partial charge in [-0.15, -0.1) is 0 Å². The van der Waals surface area contributed by atoms with Crippen LogP contribution in [-0.4, -0.2) is 69.3 Å². The molecule has 0 spiro atoms. The second kappa shape index (κ2) is 9.15. The Morgan fingerprint density at radius 2 is 1.74 bits per heavy atom. The van der Waals surface area contributed by atoms with E-state index in [0.717, 1.165) is 9.80 Å². The number of anilines is 2. The third kappa shape index (κ3) is 4.23. The van der Waals surface area contributed by atoms with Crippen LogP contribution in [0.4, 0.5) is 16.4 Å². The molecule has 9 heteroatoms. The van der Waals surface area contributed by atoms with Crippen molar-refractivity contribution in [2.24, 2.45) is 0 Å². The number of nitrogens with zero attached hydrogens (tertiary/aromatic N) is 3. The Morgan fingerprint density at radius 3 is 2.45 bits per heavy atom. The molecule has 162 valence electrons. The molecule has 0 bridgehead atoms. The van der Waals surface area contributed by atoms with Crippen LogP contribution in [0.5, 0.6) is 0 Å². The standard InChI is InChI=1S/C22H23N3O6/c1-29-12-11-24-20(26)18(21(27)25(22(24)28)16-5-3-2-4-6-16)15-17-7-8-19(31-17)23-9-13-30-14-10-23/h2-8,15H,9-14H2,1H3/b18-15-. The van der Waals surface area contributed by atoms with Crippen LogP contribution in [0.25, 0.3) is 6.08 Å². The molecule has 4 rings (SSSR count). The van der Waals surface area contributed by atoms with E-state index in [1.165, 1.54) is 13.2 Å². The molecule has 31 heavy (non-hydrogen) atoms. The van der Waals surface area contributed by atoms with Crippen molar-refractivity contribution in [3.05, 3.63) is 53.8 Å². The molecule has 2 aliphatic rings. The second-order valence-electron chi connectivity index (χ2n) is 7.04. The van der Waals surface area contributed by atoms with Crippen molar-refractivity contribution in [1.82, 2.24) is 4.90 Å². The number of para-hydroxylation sites is 1. The molecule has 9 nitrogen and oxygen atoms in total. The molecule has 1 aromatic carbocycles. The summed E-state index contributed by atoms with van der Waals surface area (Å²) in [5.74, 6) is -0.381. The summed E-state index contributed by atoms with van der Waals surface area (Å²) in [4.78, 5) is 43.2. The summed E-state index contributed by atoms with van der Waals surface area (Å²) in [6.45, 7) is 2.79. The number of hydrogen-bond donors (Lipinski definition) is 0. The number of barbiturate groups is 1. The first-order valence-corrected chi connectivity index (χ1v) is 9.98. The molecular weight excluding hydrogens is 402 g/mol. The quantitative estimate of drug-likeness (QED) is 0.517. The van der Waals surface area contributed by atoms with Gasteiger partial charge in [0.15, 0.2) is 5.88 Å². The molecule has 2 aliphatic heterocycles. The number of hydrogen-bond acceptors (Lipinski definition) is 7.